The van der Waals surface area contributed by atoms with Gasteiger partial charge in [-0.1, -0.05) is 18.5 Å². The van der Waals surface area contributed by atoms with Crippen molar-refractivity contribution in [3.8, 4) is 0 Å². The van der Waals surface area contributed by atoms with E-state index in [1.807, 2.05) is 0 Å². The van der Waals surface area contributed by atoms with Gasteiger partial charge in [0.25, 0.3) is 0 Å². The summed E-state index contributed by atoms with van der Waals surface area (Å²) < 4.78 is 38.7. The smallest absolute Gasteiger partial charge is 0.244 e. The molecule has 0 aliphatic carbocycles. The van der Waals surface area contributed by atoms with E-state index in [1.165, 1.54) is 6.07 Å². The minimum absolute atomic E-state index is 0.0150. The summed E-state index contributed by atoms with van der Waals surface area (Å²) in [5, 5.41) is 8.72. The van der Waals surface area contributed by atoms with Crippen LogP contribution in [0.3, 0.4) is 0 Å². The van der Waals surface area contributed by atoms with Crippen molar-refractivity contribution in [1.29, 1.82) is 0 Å². The molecule has 0 fully saturated rings. The van der Waals surface area contributed by atoms with Crippen LogP contribution in [0.2, 0.25) is 5.02 Å². The van der Waals surface area contributed by atoms with Gasteiger partial charge in [0.1, 0.15) is 10.7 Å². The van der Waals surface area contributed by atoms with Crippen LogP contribution in [0.25, 0.3) is 0 Å². The van der Waals surface area contributed by atoms with Gasteiger partial charge in [-0.2, -0.15) is 4.31 Å². The molecule has 0 heterocycles. The first-order valence-electron chi connectivity index (χ1n) is 5.49. The molecule has 1 N–H and O–H groups in total. The quantitative estimate of drug-likeness (QED) is 0.872. The zero-order chi connectivity index (χ0) is 13.8. The molecule has 1 rings (SSSR count). The number of hydrogen-bond acceptors (Lipinski definition) is 3. The Hall–Kier alpha value is -0.690. The summed E-state index contributed by atoms with van der Waals surface area (Å²) in [6.45, 7) is 1.96. The van der Waals surface area contributed by atoms with E-state index < -0.39 is 15.8 Å². The summed E-state index contributed by atoms with van der Waals surface area (Å²) in [5.41, 5.74) is 0. The second-order valence-corrected chi connectivity index (χ2v) is 5.96. The number of nitrogens with zero attached hydrogens (tertiary/aromatic N) is 1. The first kappa shape index (κ1) is 15.4. The second kappa shape index (κ2) is 6.47. The molecule has 0 saturated heterocycles. The SMILES string of the molecule is CCN(CCCO)S(=O)(=O)c1cc(F)ccc1Cl. The van der Waals surface area contributed by atoms with E-state index in [9.17, 15) is 12.8 Å². The van der Waals surface area contributed by atoms with Crippen molar-refractivity contribution in [2.45, 2.75) is 18.2 Å². The average Bonchev–Trinajstić information content (AvgIpc) is 2.33. The molecular formula is C11H15ClFNO3S. The summed E-state index contributed by atoms with van der Waals surface area (Å²) in [4.78, 5) is -0.246. The number of rotatable bonds is 6. The molecule has 4 nitrogen and oxygen atoms in total. The van der Waals surface area contributed by atoms with Gasteiger partial charge in [-0.15, -0.1) is 0 Å². The summed E-state index contributed by atoms with van der Waals surface area (Å²) in [6, 6.07) is 3.22. The molecule has 0 aromatic heterocycles. The maximum Gasteiger partial charge on any atom is 0.244 e. The van der Waals surface area contributed by atoms with Crippen LogP contribution in [0.15, 0.2) is 23.1 Å². The average molecular weight is 296 g/mol. The molecule has 102 valence electrons. The molecule has 0 bridgehead atoms. The predicted octanol–water partition coefficient (Wildman–Crippen LogP) is 1.87. The highest BCUT2D eigenvalue weighted by Gasteiger charge is 2.25. The van der Waals surface area contributed by atoms with Crippen molar-refractivity contribution < 1.29 is 17.9 Å². The Morgan fingerprint density at radius 2 is 2.11 bits per heavy atom. The lowest BCUT2D eigenvalue weighted by atomic mass is 10.3. The fourth-order valence-electron chi connectivity index (χ4n) is 1.51. The molecule has 0 spiro atoms. The van der Waals surface area contributed by atoms with E-state index in [1.54, 1.807) is 6.92 Å². The highest BCUT2D eigenvalue weighted by atomic mass is 35.5. The molecule has 0 aliphatic rings. The van der Waals surface area contributed by atoms with Crippen molar-refractivity contribution in [1.82, 2.24) is 4.31 Å². The topological polar surface area (TPSA) is 57.6 Å². The Morgan fingerprint density at radius 1 is 1.44 bits per heavy atom. The maximum absolute atomic E-state index is 13.1. The minimum Gasteiger partial charge on any atom is -0.396 e. The van der Waals surface area contributed by atoms with Gasteiger partial charge in [0.05, 0.1) is 5.02 Å². The van der Waals surface area contributed by atoms with Crippen LogP contribution in [0.5, 0.6) is 0 Å². The first-order chi connectivity index (χ1) is 8.43. The zero-order valence-electron chi connectivity index (χ0n) is 9.94. The number of aliphatic hydroxyl groups excluding tert-OH is 1. The van der Waals surface area contributed by atoms with Gasteiger partial charge < -0.3 is 5.11 Å². The molecule has 0 saturated carbocycles. The Balaban J connectivity index is 3.14. The van der Waals surface area contributed by atoms with Gasteiger partial charge >= 0.3 is 0 Å². The van der Waals surface area contributed by atoms with Gasteiger partial charge in [0.2, 0.25) is 10.0 Å². The van der Waals surface area contributed by atoms with E-state index >= 15 is 0 Å². The molecule has 1 aromatic carbocycles. The molecule has 0 aliphatic heterocycles. The van der Waals surface area contributed by atoms with Gasteiger partial charge in [-0.05, 0) is 24.6 Å². The van der Waals surface area contributed by atoms with Gasteiger partial charge in [-0.25, -0.2) is 12.8 Å². The fraction of sp³-hybridized carbons (Fsp3) is 0.455. The van der Waals surface area contributed by atoms with Crippen LogP contribution < -0.4 is 0 Å². The molecule has 7 heteroatoms. The third kappa shape index (κ3) is 3.41. The van der Waals surface area contributed by atoms with Crippen molar-refractivity contribution in [2.24, 2.45) is 0 Å². The lowest BCUT2D eigenvalue weighted by Gasteiger charge is -2.20. The van der Waals surface area contributed by atoms with Crippen molar-refractivity contribution in [3.05, 3.63) is 29.0 Å². The summed E-state index contributed by atoms with van der Waals surface area (Å²) in [5.74, 6) is -0.656. The summed E-state index contributed by atoms with van der Waals surface area (Å²) in [6.07, 6.45) is 0.319. The number of sulfonamides is 1. The zero-order valence-corrected chi connectivity index (χ0v) is 11.5. The van der Waals surface area contributed by atoms with Crippen LogP contribution in [0.1, 0.15) is 13.3 Å². The highest BCUT2D eigenvalue weighted by molar-refractivity contribution is 7.89. The molecular weight excluding hydrogens is 281 g/mol. The lowest BCUT2D eigenvalue weighted by molar-refractivity contribution is 0.271. The number of benzene rings is 1. The van der Waals surface area contributed by atoms with E-state index in [2.05, 4.69) is 0 Å². The van der Waals surface area contributed by atoms with Gasteiger partial charge in [0, 0.05) is 19.7 Å². The Bertz CT molecular complexity index is 507. The largest absolute Gasteiger partial charge is 0.396 e. The van der Waals surface area contributed by atoms with E-state index in [0.717, 1.165) is 16.4 Å². The monoisotopic (exact) mass is 295 g/mol. The highest BCUT2D eigenvalue weighted by Crippen LogP contribution is 2.25. The summed E-state index contributed by atoms with van der Waals surface area (Å²) in [7, 11) is -3.83. The minimum atomic E-state index is -3.83. The lowest BCUT2D eigenvalue weighted by Crippen LogP contribution is -2.32. The Kier molecular flexibility index (Phi) is 5.52. The summed E-state index contributed by atoms with van der Waals surface area (Å²) >= 11 is 5.79. The van der Waals surface area contributed by atoms with E-state index in [4.69, 9.17) is 16.7 Å². The Morgan fingerprint density at radius 3 is 2.67 bits per heavy atom. The van der Waals surface area contributed by atoms with Crippen molar-refractivity contribution in [2.75, 3.05) is 19.7 Å². The van der Waals surface area contributed by atoms with Crippen LogP contribution >= 0.6 is 11.6 Å². The molecule has 0 amide bonds. The van der Waals surface area contributed by atoms with Crippen LogP contribution in [0.4, 0.5) is 4.39 Å². The number of halogens is 2. The van der Waals surface area contributed by atoms with Crippen LogP contribution in [0, 0.1) is 5.82 Å². The number of hydrogen-bond donors (Lipinski definition) is 1. The van der Waals surface area contributed by atoms with Gasteiger partial charge in [0.15, 0.2) is 0 Å². The molecule has 18 heavy (non-hydrogen) atoms. The van der Waals surface area contributed by atoms with Crippen molar-refractivity contribution in [3.63, 3.8) is 0 Å². The number of aliphatic hydroxyl groups is 1. The fourth-order valence-corrected chi connectivity index (χ4v) is 3.48. The van der Waals surface area contributed by atoms with Crippen molar-refractivity contribution >= 4 is 21.6 Å². The normalized spacial score (nSPS) is 12.1. The predicted molar refractivity (Wildman–Crippen MR) is 67.5 cm³/mol. The molecule has 0 unspecified atom stereocenters. The first-order valence-corrected chi connectivity index (χ1v) is 7.31. The third-order valence-corrected chi connectivity index (χ3v) is 4.89. The standard InChI is InChI=1S/C11H15ClFNO3S/c1-2-14(6-3-7-15)18(16,17)11-8-9(13)4-5-10(11)12/h4-5,8,15H,2-3,6-7H2,1H3. The maximum atomic E-state index is 13.1. The second-order valence-electron chi connectivity index (χ2n) is 3.65. The third-order valence-electron chi connectivity index (χ3n) is 2.43. The van der Waals surface area contributed by atoms with Crippen LogP contribution in [-0.2, 0) is 10.0 Å². The van der Waals surface area contributed by atoms with Gasteiger partial charge in [-0.3, -0.25) is 0 Å². The molecule has 1 aromatic rings. The van der Waals surface area contributed by atoms with E-state index in [-0.39, 0.29) is 29.6 Å². The molecule has 0 atom stereocenters. The molecule has 0 radical (unpaired) electrons. The Labute approximate surface area is 111 Å². The van der Waals surface area contributed by atoms with Crippen LogP contribution in [-0.4, -0.2) is 37.5 Å². The van der Waals surface area contributed by atoms with E-state index in [0.29, 0.717) is 6.42 Å².